The Bertz CT molecular complexity index is 1520. The van der Waals surface area contributed by atoms with Gasteiger partial charge in [-0.2, -0.15) is 0 Å². The number of ether oxygens (including phenoxy) is 1. The molecule has 0 bridgehead atoms. The summed E-state index contributed by atoms with van der Waals surface area (Å²) in [5.74, 6) is -2.98. The Labute approximate surface area is 243 Å². The molecule has 3 aromatic rings. The van der Waals surface area contributed by atoms with Gasteiger partial charge < -0.3 is 20.3 Å². The van der Waals surface area contributed by atoms with Crippen molar-refractivity contribution in [1.29, 1.82) is 0 Å². The van der Waals surface area contributed by atoms with E-state index in [0.717, 1.165) is 34.2 Å². The van der Waals surface area contributed by atoms with Crippen molar-refractivity contribution >= 4 is 17.9 Å². The third kappa shape index (κ3) is 5.73. The van der Waals surface area contributed by atoms with E-state index in [-0.39, 0.29) is 43.2 Å². The number of benzene rings is 3. The van der Waals surface area contributed by atoms with Gasteiger partial charge in [0, 0.05) is 44.4 Å². The SMILES string of the molecule is COC(=O)c1cccc(-c2ccc(CNC(=O)C3CC3c3ccccc3)c3c2CCN(C(=O)NC2CC(F)(F)C2)C3)c1. The summed E-state index contributed by atoms with van der Waals surface area (Å²) < 4.78 is 31.6. The molecule has 218 valence electrons. The molecule has 6 rings (SSSR count). The fourth-order valence-electron chi connectivity index (χ4n) is 6.18. The van der Waals surface area contributed by atoms with Crippen molar-refractivity contribution in [3.05, 3.63) is 94.5 Å². The number of esters is 1. The molecule has 3 amide bonds. The van der Waals surface area contributed by atoms with E-state index in [2.05, 4.69) is 10.6 Å². The quantitative estimate of drug-likeness (QED) is 0.370. The van der Waals surface area contributed by atoms with Crippen molar-refractivity contribution in [3.63, 3.8) is 0 Å². The molecule has 2 fully saturated rings. The lowest BCUT2D eigenvalue weighted by Gasteiger charge is -2.38. The Morgan fingerprint density at radius 2 is 1.79 bits per heavy atom. The van der Waals surface area contributed by atoms with Crippen molar-refractivity contribution in [2.75, 3.05) is 13.7 Å². The van der Waals surface area contributed by atoms with Gasteiger partial charge in [-0.1, -0.05) is 54.6 Å². The minimum atomic E-state index is -2.72. The fourth-order valence-corrected chi connectivity index (χ4v) is 6.18. The number of urea groups is 1. The molecule has 2 atom stereocenters. The Morgan fingerprint density at radius 1 is 1.00 bits per heavy atom. The summed E-state index contributed by atoms with van der Waals surface area (Å²) in [7, 11) is 1.34. The van der Waals surface area contributed by atoms with E-state index in [9.17, 15) is 23.2 Å². The molecule has 2 unspecified atom stereocenters. The fraction of sp³-hybridized carbons (Fsp3) is 0.364. The van der Waals surface area contributed by atoms with E-state index in [4.69, 9.17) is 4.74 Å². The van der Waals surface area contributed by atoms with Gasteiger partial charge in [0.1, 0.15) is 0 Å². The normalized spacial score (nSPS) is 20.6. The summed E-state index contributed by atoms with van der Waals surface area (Å²) in [4.78, 5) is 39.9. The van der Waals surface area contributed by atoms with Gasteiger partial charge in [-0.15, -0.1) is 0 Å². The average Bonchev–Trinajstić information content (AvgIpc) is 3.80. The topological polar surface area (TPSA) is 87.7 Å². The van der Waals surface area contributed by atoms with Gasteiger partial charge in [-0.3, -0.25) is 4.79 Å². The number of nitrogens with one attached hydrogen (secondary N) is 2. The lowest BCUT2D eigenvalue weighted by Crippen LogP contribution is -2.54. The van der Waals surface area contributed by atoms with Crippen molar-refractivity contribution in [1.82, 2.24) is 15.5 Å². The number of halogens is 2. The summed E-state index contributed by atoms with van der Waals surface area (Å²) in [6.45, 7) is 1.02. The van der Waals surface area contributed by atoms with E-state index in [1.54, 1.807) is 23.1 Å². The monoisotopic (exact) mass is 573 g/mol. The summed E-state index contributed by atoms with van der Waals surface area (Å²) in [5.41, 5.74) is 6.25. The second-order valence-electron chi connectivity index (χ2n) is 11.5. The van der Waals surface area contributed by atoms with Crippen LogP contribution in [0.1, 0.15) is 57.8 Å². The third-order valence-electron chi connectivity index (χ3n) is 8.62. The lowest BCUT2D eigenvalue weighted by molar-refractivity contribution is -0.122. The van der Waals surface area contributed by atoms with Crippen molar-refractivity contribution in [2.45, 2.75) is 56.7 Å². The van der Waals surface area contributed by atoms with Crippen molar-refractivity contribution in [2.24, 2.45) is 5.92 Å². The first-order chi connectivity index (χ1) is 20.2. The van der Waals surface area contributed by atoms with Gasteiger partial charge in [0.2, 0.25) is 5.91 Å². The van der Waals surface area contributed by atoms with E-state index >= 15 is 0 Å². The lowest BCUT2D eigenvalue weighted by atomic mass is 9.87. The van der Waals surface area contributed by atoms with Gasteiger partial charge in [0.25, 0.3) is 5.92 Å². The first-order valence-electron chi connectivity index (χ1n) is 14.3. The second kappa shape index (κ2) is 11.2. The molecular weight excluding hydrogens is 540 g/mol. The second-order valence-corrected chi connectivity index (χ2v) is 11.5. The number of carbonyl (C=O) groups excluding carboxylic acids is 3. The first-order valence-corrected chi connectivity index (χ1v) is 14.3. The molecule has 1 heterocycles. The van der Waals surface area contributed by atoms with Gasteiger partial charge in [0.05, 0.1) is 12.7 Å². The van der Waals surface area contributed by atoms with E-state index < -0.39 is 17.9 Å². The molecule has 7 nitrogen and oxygen atoms in total. The van der Waals surface area contributed by atoms with Crippen LogP contribution in [0.2, 0.25) is 0 Å². The number of methoxy groups -OCH3 is 1. The number of alkyl halides is 2. The Balaban J connectivity index is 1.23. The Kier molecular flexibility index (Phi) is 7.43. The van der Waals surface area contributed by atoms with E-state index in [1.165, 1.54) is 12.7 Å². The van der Waals surface area contributed by atoms with Crippen LogP contribution in [-0.4, -0.2) is 48.4 Å². The maximum absolute atomic E-state index is 13.3. The standard InChI is InChI=1S/C33H33F2N3O4/c1-42-31(40)22-9-5-8-21(14-22)25-11-10-23(18-36-30(39)28-15-27(28)20-6-3-2-4-7-20)29-19-38(13-12-26(25)29)32(41)37-24-16-33(34,35)17-24/h2-11,14,24,27-28H,12-13,15-19H2,1H3,(H,36,39)(H,37,41). The van der Waals surface area contributed by atoms with Crippen LogP contribution in [0, 0.1) is 5.92 Å². The molecule has 2 saturated carbocycles. The van der Waals surface area contributed by atoms with Crippen LogP contribution in [0.15, 0.2) is 66.7 Å². The summed E-state index contributed by atoms with van der Waals surface area (Å²) in [5, 5.41) is 5.85. The van der Waals surface area contributed by atoms with Gasteiger partial charge in [-0.05, 0) is 64.3 Å². The molecule has 0 aromatic heterocycles. The summed E-state index contributed by atoms with van der Waals surface area (Å²) in [6.07, 6.45) is 0.679. The molecule has 0 spiro atoms. The van der Waals surface area contributed by atoms with E-state index in [0.29, 0.717) is 25.1 Å². The largest absolute Gasteiger partial charge is 0.465 e. The number of fused-ring (bicyclic) bond motifs is 1. The first kappa shape index (κ1) is 27.9. The Morgan fingerprint density at radius 3 is 2.52 bits per heavy atom. The molecule has 2 N–H and O–H groups in total. The number of amides is 3. The van der Waals surface area contributed by atoms with Crippen LogP contribution < -0.4 is 10.6 Å². The summed E-state index contributed by atoms with van der Waals surface area (Å²) >= 11 is 0. The van der Waals surface area contributed by atoms with Crippen LogP contribution in [0.3, 0.4) is 0 Å². The zero-order valence-electron chi connectivity index (χ0n) is 23.4. The number of nitrogens with zero attached hydrogens (tertiary/aromatic N) is 1. The van der Waals surface area contributed by atoms with Gasteiger partial charge >= 0.3 is 12.0 Å². The van der Waals surface area contributed by atoms with Crippen LogP contribution in [0.5, 0.6) is 0 Å². The highest BCUT2D eigenvalue weighted by molar-refractivity contribution is 5.91. The third-order valence-corrected chi connectivity index (χ3v) is 8.62. The summed E-state index contributed by atoms with van der Waals surface area (Å²) in [6, 6.07) is 20.3. The highest BCUT2D eigenvalue weighted by Crippen LogP contribution is 2.47. The molecule has 0 saturated heterocycles. The molecule has 0 radical (unpaired) electrons. The van der Waals surface area contributed by atoms with Crippen LogP contribution in [0.25, 0.3) is 11.1 Å². The maximum Gasteiger partial charge on any atom is 0.337 e. The van der Waals surface area contributed by atoms with Gasteiger partial charge in [-0.25, -0.2) is 18.4 Å². The maximum atomic E-state index is 13.3. The van der Waals surface area contributed by atoms with Crippen molar-refractivity contribution < 1.29 is 27.9 Å². The molecule has 2 aliphatic carbocycles. The van der Waals surface area contributed by atoms with E-state index in [1.807, 2.05) is 48.5 Å². The molecule has 3 aliphatic rings. The minimum absolute atomic E-state index is 0.00350. The van der Waals surface area contributed by atoms with Crippen LogP contribution in [-0.2, 0) is 29.0 Å². The van der Waals surface area contributed by atoms with Crippen LogP contribution in [0.4, 0.5) is 13.6 Å². The Hall–Kier alpha value is -4.27. The zero-order chi connectivity index (χ0) is 29.4. The molecule has 1 aliphatic heterocycles. The predicted molar refractivity (Wildman–Crippen MR) is 153 cm³/mol. The van der Waals surface area contributed by atoms with Gasteiger partial charge in [0.15, 0.2) is 0 Å². The average molecular weight is 574 g/mol. The molecule has 9 heteroatoms. The number of hydrogen-bond donors (Lipinski definition) is 2. The number of carbonyl (C=O) groups is 3. The number of hydrogen-bond acceptors (Lipinski definition) is 4. The predicted octanol–water partition coefficient (Wildman–Crippen LogP) is 5.43. The molecular formula is C33H33F2N3O4. The highest BCUT2D eigenvalue weighted by atomic mass is 19.3. The molecule has 3 aromatic carbocycles. The molecule has 42 heavy (non-hydrogen) atoms. The van der Waals surface area contributed by atoms with Crippen LogP contribution >= 0.6 is 0 Å². The van der Waals surface area contributed by atoms with Crippen molar-refractivity contribution in [3.8, 4) is 11.1 Å². The smallest absolute Gasteiger partial charge is 0.337 e. The minimum Gasteiger partial charge on any atom is -0.465 e. The zero-order valence-corrected chi connectivity index (χ0v) is 23.4. The number of rotatable bonds is 7. The highest BCUT2D eigenvalue weighted by Gasteiger charge is 2.46.